The first kappa shape index (κ1) is 17.7. The molecule has 4 rings (SSSR count). The maximum Gasteiger partial charge on any atom is 0.137 e. The van der Waals surface area contributed by atoms with Crippen molar-refractivity contribution in [3.63, 3.8) is 0 Å². The summed E-state index contributed by atoms with van der Waals surface area (Å²) < 4.78 is 16.8. The highest BCUT2D eigenvalue weighted by molar-refractivity contribution is 5.82. The van der Waals surface area contributed by atoms with Gasteiger partial charge in [0.25, 0.3) is 0 Å². The molecule has 28 heavy (non-hydrogen) atoms. The van der Waals surface area contributed by atoms with Crippen molar-refractivity contribution in [3.05, 3.63) is 91.3 Å². The minimum Gasteiger partial charge on any atom is -0.383 e. The third-order valence-electron chi connectivity index (χ3n) is 4.34. The fraction of sp³-hybridized carbons (Fsp3) is 0.0909. The molecule has 5 nitrogen and oxygen atoms in total. The summed E-state index contributed by atoms with van der Waals surface area (Å²) in [6.07, 6.45) is 3.16. The average molecular weight is 373 g/mol. The molecule has 6 heteroatoms. The van der Waals surface area contributed by atoms with Crippen molar-refractivity contribution in [1.82, 2.24) is 14.8 Å². The van der Waals surface area contributed by atoms with Crippen molar-refractivity contribution < 1.29 is 4.39 Å². The largest absolute Gasteiger partial charge is 0.383 e. The Hall–Kier alpha value is -3.67. The highest BCUT2D eigenvalue weighted by atomic mass is 19.1. The molecule has 0 aliphatic rings. The zero-order chi connectivity index (χ0) is 19.2. The van der Waals surface area contributed by atoms with E-state index in [4.69, 9.17) is 0 Å². The number of nitrogens with one attached hydrogen (secondary N) is 2. The SMILES string of the molecule is Fc1cc(Nc2ccccc2)cc(NCCn2cncn2)c1-c1ccccc1. The second kappa shape index (κ2) is 8.35. The summed E-state index contributed by atoms with van der Waals surface area (Å²) in [4.78, 5) is 3.94. The van der Waals surface area contributed by atoms with Gasteiger partial charge < -0.3 is 10.6 Å². The van der Waals surface area contributed by atoms with Crippen LogP contribution in [0.1, 0.15) is 0 Å². The lowest BCUT2D eigenvalue weighted by atomic mass is 10.0. The van der Waals surface area contributed by atoms with Gasteiger partial charge in [-0.2, -0.15) is 5.10 Å². The molecule has 4 aromatic rings. The van der Waals surface area contributed by atoms with E-state index in [1.54, 1.807) is 11.0 Å². The first-order valence-electron chi connectivity index (χ1n) is 9.07. The fourth-order valence-corrected chi connectivity index (χ4v) is 3.06. The van der Waals surface area contributed by atoms with E-state index in [1.807, 2.05) is 66.7 Å². The number of aromatic nitrogens is 3. The van der Waals surface area contributed by atoms with E-state index in [2.05, 4.69) is 20.7 Å². The van der Waals surface area contributed by atoms with Crippen LogP contribution in [0.3, 0.4) is 0 Å². The van der Waals surface area contributed by atoms with Crippen LogP contribution in [0.25, 0.3) is 11.1 Å². The van der Waals surface area contributed by atoms with Gasteiger partial charge in [-0.25, -0.2) is 9.37 Å². The van der Waals surface area contributed by atoms with Crippen LogP contribution in [0.15, 0.2) is 85.5 Å². The lowest BCUT2D eigenvalue weighted by Gasteiger charge is -2.16. The number of halogens is 1. The van der Waals surface area contributed by atoms with E-state index in [0.29, 0.717) is 24.3 Å². The highest BCUT2D eigenvalue weighted by Gasteiger charge is 2.13. The van der Waals surface area contributed by atoms with Crippen molar-refractivity contribution >= 4 is 17.1 Å². The van der Waals surface area contributed by atoms with Crippen LogP contribution in [0.4, 0.5) is 21.5 Å². The van der Waals surface area contributed by atoms with Gasteiger partial charge in [-0.3, -0.25) is 4.68 Å². The standard InChI is InChI=1S/C22H20FN5/c23-20-13-19(27-18-9-5-2-6-10-18)14-21(22(20)17-7-3-1-4-8-17)25-11-12-28-16-24-15-26-28/h1-10,13-16,25,27H,11-12H2. The Morgan fingerprint density at radius 1 is 0.893 bits per heavy atom. The summed E-state index contributed by atoms with van der Waals surface area (Å²) in [5.41, 5.74) is 3.70. The maximum atomic E-state index is 15.1. The van der Waals surface area contributed by atoms with Crippen LogP contribution in [0.5, 0.6) is 0 Å². The smallest absolute Gasteiger partial charge is 0.137 e. The van der Waals surface area contributed by atoms with Crippen molar-refractivity contribution in [1.29, 1.82) is 0 Å². The molecule has 0 saturated carbocycles. The predicted molar refractivity (Wildman–Crippen MR) is 110 cm³/mol. The maximum absolute atomic E-state index is 15.1. The first-order chi connectivity index (χ1) is 13.8. The number of hydrogen-bond acceptors (Lipinski definition) is 4. The molecule has 0 aliphatic carbocycles. The van der Waals surface area contributed by atoms with Crippen LogP contribution in [-0.2, 0) is 6.54 Å². The Morgan fingerprint density at radius 2 is 1.64 bits per heavy atom. The molecule has 140 valence electrons. The predicted octanol–water partition coefficient (Wildman–Crippen LogP) is 4.94. The monoisotopic (exact) mass is 373 g/mol. The molecule has 2 N–H and O–H groups in total. The molecule has 0 bridgehead atoms. The fourth-order valence-electron chi connectivity index (χ4n) is 3.06. The summed E-state index contributed by atoms with van der Waals surface area (Å²) >= 11 is 0. The zero-order valence-electron chi connectivity index (χ0n) is 15.2. The Bertz CT molecular complexity index is 1020. The van der Waals surface area contributed by atoms with Gasteiger partial charge in [-0.1, -0.05) is 48.5 Å². The highest BCUT2D eigenvalue weighted by Crippen LogP contribution is 2.34. The molecule has 0 radical (unpaired) electrons. The van der Waals surface area contributed by atoms with Crippen LogP contribution < -0.4 is 10.6 Å². The molecule has 0 spiro atoms. The van der Waals surface area contributed by atoms with Crippen molar-refractivity contribution in [3.8, 4) is 11.1 Å². The van der Waals surface area contributed by atoms with Gasteiger partial charge >= 0.3 is 0 Å². The average Bonchev–Trinajstić information content (AvgIpc) is 3.23. The summed E-state index contributed by atoms with van der Waals surface area (Å²) in [6.45, 7) is 1.23. The van der Waals surface area contributed by atoms with Crippen molar-refractivity contribution in [2.75, 3.05) is 17.2 Å². The summed E-state index contributed by atoms with van der Waals surface area (Å²) in [7, 11) is 0. The molecule has 0 aliphatic heterocycles. The van der Waals surface area contributed by atoms with Crippen LogP contribution >= 0.6 is 0 Å². The van der Waals surface area contributed by atoms with Gasteiger partial charge in [0, 0.05) is 29.2 Å². The lowest BCUT2D eigenvalue weighted by Crippen LogP contribution is -2.12. The zero-order valence-corrected chi connectivity index (χ0v) is 15.2. The third-order valence-corrected chi connectivity index (χ3v) is 4.34. The molecule has 0 saturated heterocycles. The van der Waals surface area contributed by atoms with E-state index in [9.17, 15) is 0 Å². The summed E-state index contributed by atoms with van der Waals surface area (Å²) in [5.74, 6) is -0.282. The third kappa shape index (κ3) is 4.17. The number of nitrogens with zero attached hydrogens (tertiary/aromatic N) is 3. The first-order valence-corrected chi connectivity index (χ1v) is 9.07. The van der Waals surface area contributed by atoms with E-state index in [0.717, 1.165) is 16.9 Å². The normalized spacial score (nSPS) is 10.6. The van der Waals surface area contributed by atoms with Crippen molar-refractivity contribution in [2.24, 2.45) is 0 Å². The van der Waals surface area contributed by atoms with E-state index < -0.39 is 0 Å². The molecular formula is C22H20FN5. The lowest BCUT2D eigenvalue weighted by molar-refractivity contribution is 0.628. The molecule has 3 aromatic carbocycles. The molecular weight excluding hydrogens is 353 g/mol. The molecule has 1 heterocycles. The number of hydrogen-bond donors (Lipinski definition) is 2. The second-order valence-corrected chi connectivity index (χ2v) is 6.32. The van der Waals surface area contributed by atoms with E-state index in [-0.39, 0.29) is 5.82 Å². The van der Waals surface area contributed by atoms with E-state index in [1.165, 1.54) is 12.4 Å². The Balaban J connectivity index is 1.64. The molecule has 1 aromatic heterocycles. The van der Waals surface area contributed by atoms with Gasteiger partial charge in [0.1, 0.15) is 18.5 Å². The molecule has 0 atom stereocenters. The number of benzene rings is 3. The number of anilines is 3. The second-order valence-electron chi connectivity index (χ2n) is 6.32. The van der Waals surface area contributed by atoms with Gasteiger partial charge in [0.15, 0.2) is 0 Å². The van der Waals surface area contributed by atoms with Crippen LogP contribution in [0, 0.1) is 5.82 Å². The minimum absolute atomic E-state index is 0.282. The van der Waals surface area contributed by atoms with Gasteiger partial charge in [-0.15, -0.1) is 0 Å². The van der Waals surface area contributed by atoms with Crippen LogP contribution in [-0.4, -0.2) is 21.3 Å². The summed E-state index contributed by atoms with van der Waals surface area (Å²) in [6, 6.07) is 22.7. The molecule has 0 unspecified atom stereocenters. The minimum atomic E-state index is -0.282. The quantitative estimate of drug-likeness (QED) is 0.482. The molecule has 0 amide bonds. The number of rotatable bonds is 7. The number of para-hydroxylation sites is 1. The van der Waals surface area contributed by atoms with Gasteiger partial charge in [0.05, 0.1) is 6.54 Å². The Kier molecular flexibility index (Phi) is 5.29. The van der Waals surface area contributed by atoms with E-state index >= 15 is 4.39 Å². The van der Waals surface area contributed by atoms with Crippen molar-refractivity contribution in [2.45, 2.75) is 6.54 Å². The van der Waals surface area contributed by atoms with Crippen LogP contribution in [0.2, 0.25) is 0 Å². The van der Waals surface area contributed by atoms with Gasteiger partial charge in [0.2, 0.25) is 0 Å². The molecule has 0 fully saturated rings. The van der Waals surface area contributed by atoms with Gasteiger partial charge in [-0.05, 0) is 29.8 Å². The Labute approximate surface area is 162 Å². The summed E-state index contributed by atoms with van der Waals surface area (Å²) in [5, 5.41) is 10.7. The topological polar surface area (TPSA) is 54.8 Å². The Morgan fingerprint density at radius 3 is 2.36 bits per heavy atom.